The van der Waals surface area contributed by atoms with E-state index in [2.05, 4.69) is 48.0 Å². The molecule has 1 aromatic heterocycles. The third-order valence-electron chi connectivity index (χ3n) is 5.75. The second-order valence-corrected chi connectivity index (χ2v) is 8.25. The van der Waals surface area contributed by atoms with Gasteiger partial charge in [-0.15, -0.1) is 10.2 Å². The van der Waals surface area contributed by atoms with Gasteiger partial charge in [-0.3, -0.25) is 4.79 Å². The summed E-state index contributed by atoms with van der Waals surface area (Å²) in [6, 6.07) is 15.5. The molecule has 0 spiro atoms. The summed E-state index contributed by atoms with van der Waals surface area (Å²) in [5.74, 6) is 0.886. The number of carbonyl (C=O) groups is 1. The largest absolute Gasteiger partial charge is 0.352 e. The number of hydrogen-bond donors (Lipinski definition) is 0. The van der Waals surface area contributed by atoms with Crippen LogP contribution >= 0.6 is 11.6 Å². The Morgan fingerprint density at radius 3 is 2.13 bits per heavy atom. The molecular formula is C24H25ClN4O. The van der Waals surface area contributed by atoms with Gasteiger partial charge in [-0.1, -0.05) is 17.7 Å². The number of benzene rings is 2. The van der Waals surface area contributed by atoms with Gasteiger partial charge in [0.25, 0.3) is 5.91 Å². The summed E-state index contributed by atoms with van der Waals surface area (Å²) in [5.41, 5.74) is 6.41. The fourth-order valence-electron chi connectivity index (χ4n) is 3.79. The van der Waals surface area contributed by atoms with Crippen molar-refractivity contribution in [3.63, 3.8) is 0 Å². The molecule has 3 aromatic rings. The fraction of sp³-hybridized carbons (Fsp3) is 0.292. The topological polar surface area (TPSA) is 49.3 Å². The Hall–Kier alpha value is -2.92. The zero-order valence-corrected chi connectivity index (χ0v) is 18.3. The Balaban J connectivity index is 1.42. The third-order valence-corrected chi connectivity index (χ3v) is 6.00. The van der Waals surface area contributed by atoms with E-state index in [0.29, 0.717) is 23.7 Å². The molecule has 0 unspecified atom stereocenters. The smallest absolute Gasteiger partial charge is 0.253 e. The lowest BCUT2D eigenvalue weighted by molar-refractivity contribution is 0.0746. The van der Waals surface area contributed by atoms with Gasteiger partial charge >= 0.3 is 0 Å². The second-order valence-electron chi connectivity index (χ2n) is 7.81. The maximum atomic E-state index is 12.7. The van der Waals surface area contributed by atoms with E-state index in [1.807, 2.05) is 17.0 Å². The van der Waals surface area contributed by atoms with Gasteiger partial charge in [0.2, 0.25) is 0 Å². The highest BCUT2D eigenvalue weighted by Gasteiger charge is 2.23. The number of anilines is 1. The van der Waals surface area contributed by atoms with E-state index in [1.165, 1.54) is 16.7 Å². The first-order valence-electron chi connectivity index (χ1n) is 10.1. The summed E-state index contributed by atoms with van der Waals surface area (Å²) in [5, 5.41) is 9.58. The molecule has 0 N–H and O–H groups in total. The standard InChI is InChI=1S/C24H25ClN4O/c1-16-14-18(3)21(15-17(16)2)22-8-9-23(27-26-22)28-10-12-29(13-11-28)24(30)19-4-6-20(25)7-5-19/h4-9,14-15H,10-13H2,1-3H3. The van der Waals surface area contributed by atoms with Crippen molar-refractivity contribution in [1.82, 2.24) is 15.1 Å². The Labute approximate surface area is 182 Å². The minimum absolute atomic E-state index is 0.0398. The van der Waals surface area contributed by atoms with E-state index in [4.69, 9.17) is 11.6 Å². The van der Waals surface area contributed by atoms with E-state index in [9.17, 15) is 4.79 Å². The van der Waals surface area contributed by atoms with E-state index in [0.717, 1.165) is 30.2 Å². The summed E-state index contributed by atoms with van der Waals surface area (Å²) in [6.07, 6.45) is 0. The average molecular weight is 421 g/mol. The van der Waals surface area contributed by atoms with Crippen LogP contribution in [0.15, 0.2) is 48.5 Å². The molecule has 2 heterocycles. The highest BCUT2D eigenvalue weighted by atomic mass is 35.5. The zero-order chi connectivity index (χ0) is 21.3. The van der Waals surface area contributed by atoms with Crippen LogP contribution in [0.25, 0.3) is 11.3 Å². The van der Waals surface area contributed by atoms with Crippen LogP contribution in [0, 0.1) is 20.8 Å². The molecule has 1 aliphatic rings. The van der Waals surface area contributed by atoms with Gasteiger partial charge in [0.1, 0.15) is 0 Å². The maximum absolute atomic E-state index is 12.7. The van der Waals surface area contributed by atoms with Crippen LogP contribution in [-0.4, -0.2) is 47.2 Å². The minimum Gasteiger partial charge on any atom is -0.352 e. The number of piperazine rings is 1. The van der Waals surface area contributed by atoms with Crippen LogP contribution in [0.1, 0.15) is 27.0 Å². The first-order valence-corrected chi connectivity index (χ1v) is 10.5. The summed E-state index contributed by atoms with van der Waals surface area (Å²) in [4.78, 5) is 16.7. The van der Waals surface area contributed by atoms with Crippen molar-refractivity contribution < 1.29 is 4.79 Å². The summed E-state index contributed by atoms with van der Waals surface area (Å²) in [7, 11) is 0. The van der Waals surface area contributed by atoms with Gasteiger partial charge < -0.3 is 9.80 Å². The van der Waals surface area contributed by atoms with Gasteiger partial charge in [-0.2, -0.15) is 0 Å². The molecular weight excluding hydrogens is 396 g/mol. The molecule has 4 rings (SSSR count). The monoisotopic (exact) mass is 420 g/mol. The van der Waals surface area contributed by atoms with E-state index in [1.54, 1.807) is 24.3 Å². The van der Waals surface area contributed by atoms with Crippen LogP contribution in [0.2, 0.25) is 5.02 Å². The Morgan fingerprint density at radius 1 is 0.833 bits per heavy atom. The van der Waals surface area contributed by atoms with Crippen molar-refractivity contribution in [3.05, 3.63) is 75.8 Å². The van der Waals surface area contributed by atoms with Gasteiger partial charge in [0, 0.05) is 42.3 Å². The van der Waals surface area contributed by atoms with Crippen molar-refractivity contribution in [3.8, 4) is 11.3 Å². The predicted octanol–water partition coefficient (Wildman–Crippen LogP) is 4.68. The highest BCUT2D eigenvalue weighted by Crippen LogP contribution is 2.26. The lowest BCUT2D eigenvalue weighted by Gasteiger charge is -2.35. The number of aromatic nitrogens is 2. The van der Waals surface area contributed by atoms with Gasteiger partial charge in [0.15, 0.2) is 5.82 Å². The first kappa shape index (κ1) is 20.4. The van der Waals surface area contributed by atoms with Gasteiger partial charge in [0.05, 0.1) is 5.69 Å². The van der Waals surface area contributed by atoms with Crippen LogP contribution in [0.4, 0.5) is 5.82 Å². The Kier molecular flexibility index (Phi) is 5.73. The number of carbonyl (C=O) groups excluding carboxylic acids is 1. The molecule has 30 heavy (non-hydrogen) atoms. The molecule has 1 aliphatic heterocycles. The van der Waals surface area contributed by atoms with E-state index < -0.39 is 0 Å². The molecule has 1 amide bonds. The van der Waals surface area contributed by atoms with Crippen LogP contribution in [-0.2, 0) is 0 Å². The average Bonchev–Trinajstić information content (AvgIpc) is 2.77. The van der Waals surface area contributed by atoms with Crippen molar-refractivity contribution in [2.24, 2.45) is 0 Å². The molecule has 1 fully saturated rings. The van der Waals surface area contributed by atoms with Crippen molar-refractivity contribution in [2.75, 3.05) is 31.1 Å². The Bertz CT molecular complexity index is 1060. The maximum Gasteiger partial charge on any atom is 0.253 e. The minimum atomic E-state index is 0.0398. The normalized spacial score (nSPS) is 14.1. The summed E-state index contributed by atoms with van der Waals surface area (Å²) >= 11 is 5.92. The number of hydrogen-bond acceptors (Lipinski definition) is 4. The summed E-state index contributed by atoms with van der Waals surface area (Å²) < 4.78 is 0. The Morgan fingerprint density at radius 2 is 1.50 bits per heavy atom. The fourth-order valence-corrected chi connectivity index (χ4v) is 3.91. The third kappa shape index (κ3) is 4.17. The predicted molar refractivity (Wildman–Crippen MR) is 121 cm³/mol. The van der Waals surface area contributed by atoms with Crippen molar-refractivity contribution in [1.29, 1.82) is 0 Å². The van der Waals surface area contributed by atoms with Crippen LogP contribution in [0.3, 0.4) is 0 Å². The van der Waals surface area contributed by atoms with E-state index in [-0.39, 0.29) is 5.91 Å². The SMILES string of the molecule is Cc1cc(C)c(-c2ccc(N3CCN(C(=O)c4ccc(Cl)cc4)CC3)nn2)cc1C. The lowest BCUT2D eigenvalue weighted by Crippen LogP contribution is -2.49. The van der Waals surface area contributed by atoms with Crippen LogP contribution < -0.4 is 4.90 Å². The van der Waals surface area contributed by atoms with Crippen LogP contribution in [0.5, 0.6) is 0 Å². The molecule has 5 nitrogen and oxygen atoms in total. The number of halogens is 1. The summed E-state index contributed by atoms with van der Waals surface area (Å²) in [6.45, 7) is 9.12. The molecule has 0 aliphatic carbocycles. The number of aryl methyl sites for hydroxylation is 3. The number of amides is 1. The molecule has 0 radical (unpaired) electrons. The first-order chi connectivity index (χ1) is 14.4. The number of nitrogens with zero attached hydrogens (tertiary/aromatic N) is 4. The van der Waals surface area contributed by atoms with E-state index >= 15 is 0 Å². The zero-order valence-electron chi connectivity index (χ0n) is 17.5. The van der Waals surface area contributed by atoms with Gasteiger partial charge in [-0.05, 0) is 79.9 Å². The molecule has 0 atom stereocenters. The van der Waals surface area contributed by atoms with Crippen molar-refractivity contribution >= 4 is 23.3 Å². The molecule has 0 bridgehead atoms. The quantitative estimate of drug-likeness (QED) is 0.617. The van der Waals surface area contributed by atoms with Gasteiger partial charge in [-0.25, -0.2) is 0 Å². The molecule has 2 aromatic carbocycles. The number of rotatable bonds is 3. The molecule has 6 heteroatoms. The molecule has 154 valence electrons. The lowest BCUT2D eigenvalue weighted by atomic mass is 9.99. The van der Waals surface area contributed by atoms with Crippen molar-refractivity contribution in [2.45, 2.75) is 20.8 Å². The molecule has 0 saturated carbocycles. The highest BCUT2D eigenvalue weighted by molar-refractivity contribution is 6.30. The second kappa shape index (κ2) is 8.44. The molecule has 1 saturated heterocycles.